The summed E-state index contributed by atoms with van der Waals surface area (Å²) in [6, 6.07) is 17.3. The number of hydrogen-bond donors (Lipinski definition) is 2. The van der Waals surface area contributed by atoms with Crippen molar-refractivity contribution in [3.63, 3.8) is 0 Å². The van der Waals surface area contributed by atoms with E-state index in [9.17, 15) is 13.2 Å². The third-order valence-electron chi connectivity index (χ3n) is 5.43. The number of nitrogens with zero attached hydrogens (tertiary/aromatic N) is 2. The number of aromatic nitrogens is 1. The highest BCUT2D eigenvalue weighted by Crippen LogP contribution is 2.31. The van der Waals surface area contributed by atoms with Crippen molar-refractivity contribution in [1.82, 2.24) is 15.0 Å². The predicted molar refractivity (Wildman–Crippen MR) is 131 cm³/mol. The van der Waals surface area contributed by atoms with Gasteiger partial charge < -0.3 is 9.73 Å². The van der Waals surface area contributed by atoms with Crippen molar-refractivity contribution in [1.29, 1.82) is 0 Å². The zero-order valence-corrected chi connectivity index (χ0v) is 20.1. The summed E-state index contributed by atoms with van der Waals surface area (Å²) >= 11 is 1.54. The Morgan fingerprint density at radius 3 is 2.68 bits per heavy atom. The van der Waals surface area contributed by atoms with Crippen LogP contribution < -0.4 is 10.0 Å². The molecule has 1 amide bonds. The first-order valence-electron chi connectivity index (χ1n) is 10.7. The third-order valence-corrected chi connectivity index (χ3v) is 7.88. The number of carbonyl (C=O) groups excluding carboxylic acids is 1. The molecule has 0 bridgehead atoms. The fourth-order valence-electron chi connectivity index (χ4n) is 3.72. The van der Waals surface area contributed by atoms with Crippen molar-refractivity contribution in [2.75, 3.05) is 0 Å². The third kappa shape index (κ3) is 4.22. The molecule has 1 atom stereocenters. The summed E-state index contributed by atoms with van der Waals surface area (Å²) in [6.07, 6.45) is 0. The number of hydrogen-bond acceptors (Lipinski definition) is 7. The Morgan fingerprint density at radius 1 is 1.12 bits per heavy atom. The number of nitrogens with one attached hydrogen (secondary N) is 2. The minimum Gasteiger partial charge on any atom is -0.457 e. The van der Waals surface area contributed by atoms with Crippen LogP contribution in [0.15, 0.2) is 75.0 Å². The number of fused-ring (bicyclic) bond motifs is 2. The molecule has 0 unspecified atom stereocenters. The van der Waals surface area contributed by atoms with Crippen molar-refractivity contribution in [3.05, 3.63) is 72.0 Å². The molecule has 0 aliphatic carbocycles. The van der Waals surface area contributed by atoms with Crippen LogP contribution in [0.25, 0.3) is 21.0 Å². The number of sulfonamides is 1. The average molecular weight is 495 g/mol. The monoisotopic (exact) mass is 494 g/mol. The van der Waals surface area contributed by atoms with Crippen molar-refractivity contribution >= 4 is 43.3 Å². The SMILES string of the molecule is CC(C)[C@H](N=C1NS(=O)(=O)c2ccccc21)C(=O)NCc1ccc(-c2nc3ccccc3s2)o1. The van der Waals surface area contributed by atoms with Gasteiger partial charge in [0.1, 0.15) is 17.6 Å². The average Bonchev–Trinajstić information content (AvgIpc) is 3.52. The minimum absolute atomic E-state index is 0.153. The highest BCUT2D eigenvalue weighted by molar-refractivity contribution is 7.90. The second-order valence-corrected chi connectivity index (χ2v) is 10.9. The van der Waals surface area contributed by atoms with Crippen LogP contribution in [0.3, 0.4) is 0 Å². The summed E-state index contributed by atoms with van der Waals surface area (Å²) in [4.78, 5) is 22.2. The fourth-order valence-corrected chi connectivity index (χ4v) is 5.89. The van der Waals surface area contributed by atoms with Crippen LogP contribution in [0.4, 0.5) is 0 Å². The molecular weight excluding hydrogens is 472 g/mol. The van der Waals surface area contributed by atoms with Crippen molar-refractivity contribution in [3.8, 4) is 10.8 Å². The van der Waals surface area contributed by atoms with Gasteiger partial charge in [-0.3, -0.25) is 14.5 Å². The van der Waals surface area contributed by atoms with Crippen molar-refractivity contribution < 1.29 is 17.6 Å². The second-order valence-electron chi connectivity index (χ2n) is 8.24. The molecule has 0 saturated carbocycles. The zero-order chi connectivity index (χ0) is 23.9. The minimum atomic E-state index is -3.67. The molecular formula is C24H22N4O4S2. The van der Waals surface area contributed by atoms with E-state index in [2.05, 4.69) is 20.0 Å². The van der Waals surface area contributed by atoms with E-state index in [1.165, 1.54) is 6.07 Å². The first-order valence-corrected chi connectivity index (χ1v) is 13.0. The lowest BCUT2D eigenvalue weighted by atomic mass is 10.0. The Balaban J connectivity index is 1.31. The zero-order valence-electron chi connectivity index (χ0n) is 18.5. The van der Waals surface area contributed by atoms with E-state index in [0.29, 0.717) is 17.1 Å². The molecule has 1 aliphatic heterocycles. The summed E-state index contributed by atoms with van der Waals surface area (Å²) in [5.74, 6) is 0.942. The molecule has 2 N–H and O–H groups in total. The van der Waals surface area contributed by atoms with Crippen molar-refractivity contribution in [2.24, 2.45) is 10.9 Å². The van der Waals surface area contributed by atoms with E-state index in [4.69, 9.17) is 4.42 Å². The van der Waals surface area contributed by atoms with Crippen LogP contribution in [0.5, 0.6) is 0 Å². The number of furan rings is 1. The number of rotatable bonds is 6. The Hall–Kier alpha value is -3.50. The molecule has 0 saturated heterocycles. The maximum atomic E-state index is 13.0. The molecule has 5 rings (SSSR count). The molecule has 1 aliphatic rings. The van der Waals surface area contributed by atoms with Gasteiger partial charge in [0, 0.05) is 5.56 Å². The number of thiazole rings is 1. The standard InChI is InChI=1S/C24H22N4O4S2/c1-14(2)21(27-22-16-7-3-6-10-20(16)34(30,31)28-22)23(29)25-13-15-11-12-18(32-15)24-26-17-8-4-5-9-19(17)33-24/h3-12,14,21H,13H2,1-2H3,(H,25,29)(H,27,28)/t21-/m0/s1. The van der Waals surface area contributed by atoms with Crippen molar-refractivity contribution in [2.45, 2.75) is 31.3 Å². The maximum Gasteiger partial charge on any atom is 0.263 e. The lowest BCUT2D eigenvalue weighted by Gasteiger charge is -2.17. The van der Waals surface area contributed by atoms with E-state index in [0.717, 1.165) is 15.2 Å². The summed E-state index contributed by atoms with van der Waals surface area (Å²) in [5.41, 5.74) is 1.38. The smallest absolute Gasteiger partial charge is 0.263 e. The van der Waals surface area contributed by atoms with E-state index in [1.807, 2.05) is 44.2 Å². The van der Waals surface area contributed by atoms with Gasteiger partial charge in [-0.1, -0.05) is 38.1 Å². The molecule has 174 valence electrons. The largest absolute Gasteiger partial charge is 0.457 e. The first-order chi connectivity index (χ1) is 16.3. The van der Waals surface area contributed by atoms with Gasteiger partial charge in [-0.25, -0.2) is 13.4 Å². The predicted octanol–water partition coefficient (Wildman–Crippen LogP) is 3.94. The van der Waals surface area contributed by atoms with Gasteiger partial charge in [-0.2, -0.15) is 0 Å². The number of para-hydroxylation sites is 1. The van der Waals surface area contributed by atoms with Gasteiger partial charge >= 0.3 is 0 Å². The lowest BCUT2D eigenvalue weighted by molar-refractivity contribution is -0.123. The van der Waals surface area contributed by atoms with E-state index >= 15 is 0 Å². The van der Waals surface area contributed by atoms with Gasteiger partial charge in [0.05, 0.1) is 21.7 Å². The van der Waals surface area contributed by atoms with E-state index in [-0.39, 0.29) is 29.1 Å². The summed E-state index contributed by atoms with van der Waals surface area (Å²) in [7, 11) is -3.67. The summed E-state index contributed by atoms with van der Waals surface area (Å²) < 4.78 is 34.2. The van der Waals surface area contributed by atoms with Gasteiger partial charge in [-0.15, -0.1) is 11.3 Å². The van der Waals surface area contributed by atoms with E-state index in [1.54, 1.807) is 35.6 Å². The molecule has 2 aromatic heterocycles. The molecule has 8 nitrogen and oxygen atoms in total. The fraction of sp³-hybridized carbons (Fsp3) is 0.208. The number of amides is 1. The summed E-state index contributed by atoms with van der Waals surface area (Å²) in [5, 5.41) is 3.63. The summed E-state index contributed by atoms with van der Waals surface area (Å²) in [6.45, 7) is 3.91. The number of carbonyl (C=O) groups is 1. The number of aliphatic imine (C=N–C) groups is 1. The van der Waals surface area contributed by atoms with Crippen LogP contribution in [0.1, 0.15) is 25.2 Å². The first kappa shape index (κ1) is 22.3. The highest BCUT2D eigenvalue weighted by Gasteiger charge is 2.32. The van der Waals surface area contributed by atoms with Crippen LogP contribution >= 0.6 is 11.3 Å². The molecule has 0 fully saturated rings. The van der Waals surface area contributed by atoms with Crippen LogP contribution in [-0.2, 0) is 21.4 Å². The molecule has 4 aromatic rings. The topological polar surface area (TPSA) is 114 Å². The van der Waals surface area contributed by atoms with Crippen LogP contribution in [0, 0.1) is 5.92 Å². The molecule has 10 heteroatoms. The normalized spacial score (nSPS) is 16.5. The lowest BCUT2D eigenvalue weighted by Crippen LogP contribution is -2.38. The van der Waals surface area contributed by atoms with Gasteiger partial charge in [-0.05, 0) is 42.3 Å². The van der Waals surface area contributed by atoms with E-state index < -0.39 is 16.1 Å². The Kier molecular flexibility index (Phi) is 5.70. The number of amidine groups is 1. The Bertz CT molecular complexity index is 1490. The molecule has 0 spiro atoms. The highest BCUT2D eigenvalue weighted by atomic mass is 32.2. The Morgan fingerprint density at radius 2 is 1.88 bits per heavy atom. The molecule has 2 aromatic carbocycles. The van der Waals surface area contributed by atoms with Crippen LogP contribution in [0.2, 0.25) is 0 Å². The Labute approximate surface area is 200 Å². The maximum absolute atomic E-state index is 13.0. The molecule has 34 heavy (non-hydrogen) atoms. The van der Waals surface area contributed by atoms with Crippen LogP contribution in [-0.4, -0.2) is 31.2 Å². The quantitative estimate of drug-likeness (QED) is 0.422. The van der Waals surface area contributed by atoms with Gasteiger partial charge in [0.2, 0.25) is 5.91 Å². The number of benzene rings is 2. The second kappa shape index (κ2) is 8.69. The molecule has 0 radical (unpaired) electrons. The van der Waals surface area contributed by atoms with Gasteiger partial charge in [0.15, 0.2) is 10.8 Å². The van der Waals surface area contributed by atoms with Gasteiger partial charge in [0.25, 0.3) is 10.0 Å². The molecule has 3 heterocycles.